The minimum absolute atomic E-state index is 0.212. The largest absolute Gasteiger partial charge is 0.768 e. The molecule has 1 aromatic carbocycles. The number of piperidine rings is 1. The Morgan fingerprint density at radius 1 is 1.29 bits per heavy atom. The fourth-order valence-electron chi connectivity index (χ4n) is 3.06. The number of carbonyl (C=O) groups excluding carboxylic acids is 1. The Balaban J connectivity index is 1.53. The van der Waals surface area contributed by atoms with E-state index in [1.54, 1.807) is 17.0 Å². The fourth-order valence-corrected chi connectivity index (χ4v) is 3.42. The lowest BCUT2D eigenvalue weighted by Crippen LogP contribution is -2.42. The Labute approximate surface area is 166 Å². The van der Waals surface area contributed by atoms with Gasteiger partial charge >= 0.3 is 6.09 Å². The number of hydrogen-bond donors (Lipinski definition) is 0. The highest BCUT2D eigenvalue weighted by atomic mass is 32.2. The molecule has 0 bridgehead atoms. The Hall–Kier alpha value is -2.26. The summed E-state index contributed by atoms with van der Waals surface area (Å²) in [4.78, 5) is 18.5. The minimum Gasteiger partial charge on any atom is -0.768 e. The Bertz CT molecular complexity index is 836. The van der Waals surface area contributed by atoms with Gasteiger partial charge in [0.05, 0.1) is 0 Å². The van der Waals surface area contributed by atoms with E-state index in [0.717, 1.165) is 12.8 Å². The van der Waals surface area contributed by atoms with Gasteiger partial charge in [-0.15, -0.1) is 0 Å². The Morgan fingerprint density at radius 2 is 1.93 bits per heavy atom. The van der Waals surface area contributed by atoms with Gasteiger partial charge < -0.3 is 18.7 Å². The molecule has 0 spiro atoms. The fraction of sp³-hybridized carbons (Fsp3) is 0.526. The minimum atomic E-state index is -2.26. The summed E-state index contributed by atoms with van der Waals surface area (Å²) in [6, 6.07) is 6.31. The first-order valence-corrected chi connectivity index (χ1v) is 10.3. The van der Waals surface area contributed by atoms with Gasteiger partial charge in [-0.2, -0.15) is 4.98 Å². The van der Waals surface area contributed by atoms with E-state index in [9.17, 15) is 13.6 Å². The second kappa shape index (κ2) is 8.40. The predicted octanol–water partition coefficient (Wildman–Crippen LogP) is 3.16. The van der Waals surface area contributed by atoms with Crippen LogP contribution in [0.2, 0.25) is 0 Å². The number of hydrogen-bond acceptors (Lipinski definition) is 7. The molecule has 1 unspecified atom stereocenters. The van der Waals surface area contributed by atoms with Crippen LogP contribution < -0.4 is 0 Å². The number of likely N-dealkylation sites (tertiary alicyclic amines) is 1. The first-order valence-electron chi connectivity index (χ1n) is 9.21. The zero-order valence-electron chi connectivity index (χ0n) is 16.2. The van der Waals surface area contributed by atoms with E-state index >= 15 is 0 Å². The van der Waals surface area contributed by atoms with Gasteiger partial charge in [0, 0.05) is 30.0 Å². The number of ether oxygens (including phenoxy) is 1. The molecule has 0 N–H and O–H groups in total. The van der Waals surface area contributed by atoms with Gasteiger partial charge in [-0.25, -0.2) is 4.79 Å². The summed E-state index contributed by atoms with van der Waals surface area (Å²) < 4.78 is 32.6. The van der Waals surface area contributed by atoms with Crippen molar-refractivity contribution in [3.05, 3.63) is 30.2 Å². The van der Waals surface area contributed by atoms with Crippen LogP contribution in [0.15, 0.2) is 33.7 Å². The maximum Gasteiger partial charge on any atom is 0.410 e. The third-order valence-electron chi connectivity index (χ3n) is 4.50. The van der Waals surface area contributed by atoms with Gasteiger partial charge in [0.25, 0.3) is 0 Å². The first-order chi connectivity index (χ1) is 13.2. The lowest BCUT2D eigenvalue weighted by Gasteiger charge is -2.33. The number of nitrogens with zero attached hydrogens (tertiary/aromatic N) is 3. The number of rotatable bonds is 4. The molecule has 9 heteroatoms. The van der Waals surface area contributed by atoms with Crippen LogP contribution in [0.4, 0.5) is 4.79 Å². The maximum atomic E-state index is 12.1. The van der Waals surface area contributed by atoms with Gasteiger partial charge in [-0.1, -0.05) is 5.16 Å². The van der Waals surface area contributed by atoms with E-state index in [1.807, 2.05) is 20.8 Å². The van der Waals surface area contributed by atoms with Crippen molar-refractivity contribution in [1.29, 1.82) is 0 Å². The van der Waals surface area contributed by atoms with Crippen LogP contribution in [0.3, 0.4) is 0 Å². The molecule has 0 saturated carbocycles. The highest BCUT2D eigenvalue weighted by Gasteiger charge is 2.27. The number of benzene rings is 1. The molecular formula is C19H24N3O5S-. The standard InChI is InChI=1S/C19H25N3O5S/c1-19(2,3)26-18(23)22-10-8-13(9-11-22)12-16-20-17(21-27-16)14-4-6-15(7-5-14)28(24)25/h4-7,13H,8-12H2,1-3H3,(H,24,25)/p-1. The van der Waals surface area contributed by atoms with Crippen LogP contribution in [0, 0.1) is 5.92 Å². The summed E-state index contributed by atoms with van der Waals surface area (Å²) in [6.07, 6.45) is 2.08. The average molecular weight is 406 g/mol. The van der Waals surface area contributed by atoms with Gasteiger partial charge in [-0.05, 0) is 74.9 Å². The molecule has 1 fully saturated rings. The highest BCUT2D eigenvalue weighted by molar-refractivity contribution is 7.79. The third-order valence-corrected chi connectivity index (χ3v) is 5.16. The van der Waals surface area contributed by atoms with Gasteiger partial charge in [0.2, 0.25) is 11.7 Å². The van der Waals surface area contributed by atoms with Gasteiger partial charge in [0.15, 0.2) is 0 Å². The summed E-state index contributed by atoms with van der Waals surface area (Å²) in [6.45, 7) is 6.87. The van der Waals surface area contributed by atoms with E-state index in [0.29, 0.717) is 42.7 Å². The molecular weight excluding hydrogens is 382 g/mol. The van der Waals surface area contributed by atoms with Crippen molar-refractivity contribution in [1.82, 2.24) is 15.0 Å². The normalized spacial score (nSPS) is 16.8. The van der Waals surface area contributed by atoms with Crippen LogP contribution in [0.25, 0.3) is 11.4 Å². The second-order valence-corrected chi connectivity index (χ2v) is 8.83. The molecule has 0 aliphatic carbocycles. The van der Waals surface area contributed by atoms with Crippen LogP contribution in [-0.4, -0.2) is 48.6 Å². The molecule has 1 saturated heterocycles. The van der Waals surface area contributed by atoms with E-state index in [1.165, 1.54) is 12.1 Å². The molecule has 1 aromatic heterocycles. The highest BCUT2D eigenvalue weighted by Crippen LogP contribution is 2.24. The Morgan fingerprint density at radius 3 is 2.50 bits per heavy atom. The molecule has 8 nitrogen and oxygen atoms in total. The summed E-state index contributed by atoms with van der Waals surface area (Å²) in [5.74, 6) is 1.34. The summed E-state index contributed by atoms with van der Waals surface area (Å²) >= 11 is -2.26. The molecule has 2 heterocycles. The lowest BCUT2D eigenvalue weighted by molar-refractivity contribution is 0.0182. The predicted molar refractivity (Wildman–Crippen MR) is 101 cm³/mol. The van der Waals surface area contributed by atoms with Crippen molar-refractivity contribution in [2.75, 3.05) is 13.1 Å². The smallest absolute Gasteiger partial charge is 0.410 e. The van der Waals surface area contributed by atoms with Crippen LogP contribution in [-0.2, 0) is 22.2 Å². The summed E-state index contributed by atoms with van der Waals surface area (Å²) in [5.41, 5.74) is 0.207. The zero-order chi connectivity index (χ0) is 20.3. The van der Waals surface area contributed by atoms with Crippen molar-refractivity contribution in [3.8, 4) is 11.4 Å². The van der Waals surface area contributed by atoms with Crippen LogP contribution in [0.5, 0.6) is 0 Å². The maximum absolute atomic E-state index is 12.1. The lowest BCUT2D eigenvalue weighted by atomic mass is 9.94. The van der Waals surface area contributed by atoms with Crippen molar-refractivity contribution >= 4 is 17.2 Å². The van der Waals surface area contributed by atoms with Gasteiger partial charge in [0.1, 0.15) is 5.60 Å². The van der Waals surface area contributed by atoms with E-state index in [2.05, 4.69) is 10.1 Å². The molecule has 0 radical (unpaired) electrons. The molecule has 1 amide bonds. The van der Waals surface area contributed by atoms with E-state index in [4.69, 9.17) is 9.26 Å². The van der Waals surface area contributed by atoms with Crippen LogP contribution in [0.1, 0.15) is 39.5 Å². The van der Waals surface area contributed by atoms with Crippen molar-refractivity contribution in [2.45, 2.75) is 50.5 Å². The molecule has 28 heavy (non-hydrogen) atoms. The molecule has 2 aromatic rings. The number of amides is 1. The quantitative estimate of drug-likeness (QED) is 0.717. The molecule has 1 aliphatic rings. The average Bonchev–Trinajstić information content (AvgIpc) is 3.09. The topological polar surface area (TPSA) is 109 Å². The van der Waals surface area contributed by atoms with Crippen molar-refractivity contribution < 1.29 is 22.8 Å². The van der Waals surface area contributed by atoms with Crippen molar-refractivity contribution in [3.63, 3.8) is 0 Å². The van der Waals surface area contributed by atoms with Crippen LogP contribution >= 0.6 is 0 Å². The summed E-state index contributed by atoms with van der Waals surface area (Å²) in [5, 5.41) is 3.99. The SMILES string of the molecule is CC(C)(C)OC(=O)N1CCC(Cc2nc(-c3ccc(S(=O)[O-])cc3)no2)CC1. The number of carbonyl (C=O) groups is 1. The molecule has 3 rings (SSSR count). The Kier molecular flexibility index (Phi) is 6.14. The zero-order valence-corrected chi connectivity index (χ0v) is 17.0. The molecule has 152 valence electrons. The monoisotopic (exact) mass is 406 g/mol. The summed E-state index contributed by atoms with van der Waals surface area (Å²) in [7, 11) is 0. The number of aromatic nitrogens is 2. The second-order valence-electron chi connectivity index (χ2n) is 7.89. The van der Waals surface area contributed by atoms with E-state index in [-0.39, 0.29) is 11.0 Å². The van der Waals surface area contributed by atoms with Gasteiger partial charge in [-0.3, -0.25) is 4.21 Å². The molecule has 1 aliphatic heterocycles. The third kappa shape index (κ3) is 5.39. The molecule has 1 atom stereocenters. The first kappa shape index (κ1) is 20.5. The van der Waals surface area contributed by atoms with E-state index < -0.39 is 16.7 Å². The van der Waals surface area contributed by atoms with Crippen molar-refractivity contribution in [2.24, 2.45) is 5.92 Å².